The molecule has 24 heavy (non-hydrogen) atoms. The van der Waals surface area contributed by atoms with Gasteiger partial charge in [0.05, 0.1) is 6.54 Å². The third kappa shape index (κ3) is 3.81. The van der Waals surface area contributed by atoms with Gasteiger partial charge in [0.25, 0.3) is 0 Å². The summed E-state index contributed by atoms with van der Waals surface area (Å²) in [6.07, 6.45) is 1.70. The van der Waals surface area contributed by atoms with Gasteiger partial charge < -0.3 is 15.8 Å². The summed E-state index contributed by atoms with van der Waals surface area (Å²) in [4.78, 5) is 8.73. The Morgan fingerprint density at radius 2 is 1.83 bits per heavy atom. The van der Waals surface area contributed by atoms with Gasteiger partial charge >= 0.3 is 0 Å². The lowest BCUT2D eigenvalue weighted by Crippen LogP contribution is -2.05. The van der Waals surface area contributed by atoms with E-state index in [9.17, 15) is 0 Å². The van der Waals surface area contributed by atoms with Crippen LogP contribution in [-0.2, 0) is 6.54 Å². The topological polar surface area (TPSA) is 73.1 Å². The summed E-state index contributed by atoms with van der Waals surface area (Å²) in [6, 6.07) is 15.5. The number of anilines is 2. The first kappa shape index (κ1) is 15.8. The number of ether oxygens (including phenoxy) is 1. The van der Waals surface area contributed by atoms with Crippen molar-refractivity contribution in [2.75, 3.05) is 11.1 Å². The van der Waals surface area contributed by atoms with Crippen LogP contribution in [0.15, 0.2) is 54.7 Å². The van der Waals surface area contributed by atoms with Crippen molar-refractivity contribution in [3.05, 3.63) is 71.7 Å². The predicted octanol–water partition coefficient (Wildman–Crippen LogP) is 4.08. The number of hydrogen-bond donors (Lipinski definition) is 2. The van der Waals surface area contributed by atoms with Crippen LogP contribution in [0.3, 0.4) is 0 Å². The van der Waals surface area contributed by atoms with E-state index in [0.29, 0.717) is 18.2 Å². The quantitative estimate of drug-likeness (QED) is 0.693. The molecule has 0 unspecified atom stereocenters. The zero-order valence-corrected chi connectivity index (χ0v) is 13.8. The fourth-order valence-corrected chi connectivity index (χ4v) is 2.29. The number of hydrogen-bond acceptors (Lipinski definition) is 5. The van der Waals surface area contributed by atoms with Gasteiger partial charge in [-0.3, -0.25) is 0 Å². The lowest BCUT2D eigenvalue weighted by molar-refractivity contribution is 0.455. The molecule has 3 aromatic rings. The first-order valence-corrected chi connectivity index (χ1v) is 7.77. The molecule has 1 heterocycles. The molecular weight excluding hydrogens is 300 g/mol. The SMILES string of the molecule is Cc1cc(Oc2ccnc(CNc3ccccc3)n2)c(C)cc1N. The molecule has 122 valence electrons. The standard InChI is InChI=1S/C19H20N4O/c1-13-11-17(14(2)10-16(13)20)24-19-8-9-21-18(23-19)12-22-15-6-4-3-5-7-15/h3-11,22H,12,20H2,1-2H3. The highest BCUT2D eigenvalue weighted by Gasteiger charge is 2.07. The van der Waals surface area contributed by atoms with Crippen LogP contribution in [0.5, 0.6) is 11.6 Å². The summed E-state index contributed by atoms with van der Waals surface area (Å²) in [7, 11) is 0. The molecule has 0 spiro atoms. The number of nitrogens with two attached hydrogens (primary N) is 1. The number of aromatic nitrogens is 2. The van der Waals surface area contributed by atoms with Crippen LogP contribution >= 0.6 is 0 Å². The number of benzene rings is 2. The highest BCUT2D eigenvalue weighted by atomic mass is 16.5. The predicted molar refractivity (Wildman–Crippen MR) is 96.2 cm³/mol. The molecule has 0 atom stereocenters. The molecule has 0 aliphatic rings. The smallest absolute Gasteiger partial charge is 0.222 e. The number of para-hydroxylation sites is 1. The van der Waals surface area contributed by atoms with Gasteiger partial charge in [-0.2, -0.15) is 4.98 Å². The van der Waals surface area contributed by atoms with Crippen molar-refractivity contribution in [2.24, 2.45) is 0 Å². The Balaban J connectivity index is 1.72. The summed E-state index contributed by atoms with van der Waals surface area (Å²) in [5.74, 6) is 1.94. The highest BCUT2D eigenvalue weighted by Crippen LogP contribution is 2.27. The second-order valence-electron chi connectivity index (χ2n) is 5.61. The summed E-state index contributed by atoms with van der Waals surface area (Å²) in [5, 5.41) is 3.28. The molecule has 5 heteroatoms. The molecule has 0 bridgehead atoms. The van der Waals surface area contributed by atoms with Gasteiger partial charge in [-0.15, -0.1) is 0 Å². The summed E-state index contributed by atoms with van der Waals surface area (Å²) in [5.41, 5.74) is 9.65. The number of nitrogens with one attached hydrogen (secondary N) is 1. The van der Waals surface area contributed by atoms with Crippen LogP contribution in [0, 0.1) is 13.8 Å². The van der Waals surface area contributed by atoms with Gasteiger partial charge in [0.2, 0.25) is 5.88 Å². The van der Waals surface area contributed by atoms with Crippen LogP contribution in [-0.4, -0.2) is 9.97 Å². The number of aryl methyl sites for hydroxylation is 2. The number of rotatable bonds is 5. The molecule has 5 nitrogen and oxygen atoms in total. The normalized spacial score (nSPS) is 10.4. The zero-order valence-electron chi connectivity index (χ0n) is 13.8. The van der Waals surface area contributed by atoms with E-state index in [1.165, 1.54) is 0 Å². The van der Waals surface area contributed by atoms with Crippen molar-refractivity contribution in [3.63, 3.8) is 0 Å². The minimum Gasteiger partial charge on any atom is -0.439 e. The lowest BCUT2D eigenvalue weighted by atomic mass is 10.1. The Morgan fingerprint density at radius 1 is 1.04 bits per heavy atom. The maximum atomic E-state index is 5.91. The Labute approximate surface area is 141 Å². The van der Waals surface area contributed by atoms with Crippen LogP contribution in [0.25, 0.3) is 0 Å². The molecule has 0 aliphatic carbocycles. The third-order valence-electron chi connectivity index (χ3n) is 3.68. The molecule has 3 rings (SSSR count). The van der Waals surface area contributed by atoms with E-state index < -0.39 is 0 Å². The van der Waals surface area contributed by atoms with Crippen molar-refractivity contribution in [1.82, 2.24) is 9.97 Å². The average Bonchev–Trinajstić information content (AvgIpc) is 2.59. The van der Waals surface area contributed by atoms with Gasteiger partial charge in [0.15, 0.2) is 5.82 Å². The molecule has 0 amide bonds. The fraction of sp³-hybridized carbons (Fsp3) is 0.158. The first-order chi connectivity index (χ1) is 11.6. The summed E-state index contributed by atoms with van der Waals surface area (Å²) >= 11 is 0. The summed E-state index contributed by atoms with van der Waals surface area (Å²) < 4.78 is 5.90. The Kier molecular flexibility index (Phi) is 4.61. The average molecular weight is 320 g/mol. The van der Waals surface area contributed by atoms with Crippen molar-refractivity contribution >= 4 is 11.4 Å². The van der Waals surface area contributed by atoms with Crippen LogP contribution < -0.4 is 15.8 Å². The van der Waals surface area contributed by atoms with E-state index >= 15 is 0 Å². The van der Waals surface area contributed by atoms with Crippen molar-refractivity contribution in [2.45, 2.75) is 20.4 Å². The van der Waals surface area contributed by atoms with Crippen LogP contribution in [0.1, 0.15) is 17.0 Å². The molecule has 2 aromatic carbocycles. The van der Waals surface area contributed by atoms with Crippen LogP contribution in [0.2, 0.25) is 0 Å². The van der Waals surface area contributed by atoms with E-state index in [2.05, 4.69) is 15.3 Å². The zero-order chi connectivity index (χ0) is 16.9. The monoisotopic (exact) mass is 320 g/mol. The number of nitrogen functional groups attached to an aromatic ring is 1. The maximum absolute atomic E-state index is 5.91. The van der Waals surface area contributed by atoms with Gasteiger partial charge in [0.1, 0.15) is 5.75 Å². The number of nitrogens with zero attached hydrogens (tertiary/aromatic N) is 2. The van der Waals surface area contributed by atoms with Gasteiger partial charge in [-0.25, -0.2) is 4.98 Å². The molecule has 1 aromatic heterocycles. The third-order valence-corrected chi connectivity index (χ3v) is 3.68. The lowest BCUT2D eigenvalue weighted by Gasteiger charge is -2.11. The van der Waals surface area contributed by atoms with E-state index in [-0.39, 0.29) is 0 Å². The Morgan fingerprint density at radius 3 is 2.62 bits per heavy atom. The van der Waals surface area contributed by atoms with Gasteiger partial charge in [-0.1, -0.05) is 18.2 Å². The molecule has 0 radical (unpaired) electrons. The molecule has 3 N–H and O–H groups in total. The molecule has 0 saturated heterocycles. The molecule has 0 saturated carbocycles. The minimum absolute atomic E-state index is 0.516. The molecular formula is C19H20N4O. The highest BCUT2D eigenvalue weighted by molar-refractivity contribution is 5.54. The molecule has 0 fully saturated rings. The summed E-state index contributed by atoms with van der Waals surface area (Å²) in [6.45, 7) is 4.45. The first-order valence-electron chi connectivity index (χ1n) is 7.77. The van der Waals surface area contributed by atoms with Crippen molar-refractivity contribution in [3.8, 4) is 11.6 Å². The van der Waals surface area contributed by atoms with Gasteiger partial charge in [-0.05, 0) is 49.2 Å². The maximum Gasteiger partial charge on any atom is 0.222 e. The van der Waals surface area contributed by atoms with E-state index in [1.54, 1.807) is 12.3 Å². The van der Waals surface area contributed by atoms with Crippen molar-refractivity contribution in [1.29, 1.82) is 0 Å². The van der Waals surface area contributed by atoms with E-state index in [1.807, 2.05) is 56.3 Å². The fourth-order valence-electron chi connectivity index (χ4n) is 2.29. The Bertz CT molecular complexity index is 834. The molecule has 0 aliphatic heterocycles. The Hall–Kier alpha value is -3.08. The van der Waals surface area contributed by atoms with Crippen molar-refractivity contribution < 1.29 is 4.74 Å². The van der Waals surface area contributed by atoms with E-state index in [0.717, 1.165) is 28.3 Å². The van der Waals surface area contributed by atoms with Crippen LogP contribution in [0.4, 0.5) is 11.4 Å². The largest absolute Gasteiger partial charge is 0.439 e. The van der Waals surface area contributed by atoms with E-state index in [4.69, 9.17) is 10.5 Å². The second kappa shape index (κ2) is 7.00. The minimum atomic E-state index is 0.516. The second-order valence-corrected chi connectivity index (χ2v) is 5.61. The van der Waals surface area contributed by atoms with Gasteiger partial charge in [0, 0.05) is 23.6 Å².